The number of nitrogens with zero attached hydrogens (tertiary/aromatic N) is 7. The zero-order valence-corrected chi connectivity index (χ0v) is 38.3. The van der Waals surface area contributed by atoms with E-state index >= 15 is 0 Å². The second kappa shape index (κ2) is 22.4. The van der Waals surface area contributed by atoms with Gasteiger partial charge in [0.15, 0.2) is 16.5 Å². The zero-order valence-electron chi connectivity index (χ0n) is 34.7. The van der Waals surface area contributed by atoms with E-state index in [0.717, 1.165) is 42.8 Å². The highest BCUT2D eigenvalue weighted by atomic mass is 127. The van der Waals surface area contributed by atoms with Gasteiger partial charge in [-0.05, 0) is 75.6 Å². The summed E-state index contributed by atoms with van der Waals surface area (Å²) in [5.74, 6) is 0.298. The molecule has 0 unspecified atom stereocenters. The van der Waals surface area contributed by atoms with Crippen LogP contribution in [-0.2, 0) is 18.9 Å². The molecule has 0 radical (unpaired) electrons. The van der Waals surface area contributed by atoms with Gasteiger partial charge in [0, 0.05) is 42.8 Å². The van der Waals surface area contributed by atoms with Crippen LogP contribution in [0.2, 0.25) is 10.3 Å². The maximum absolute atomic E-state index is 13.0. The molecule has 2 saturated carbocycles. The fraction of sp³-hybridized carbons (Fsp3) is 0.450. The summed E-state index contributed by atoms with van der Waals surface area (Å²) in [6, 6.07) is 9.69. The second-order valence-corrected chi connectivity index (χ2v) is 17.1. The Labute approximate surface area is 398 Å². The van der Waals surface area contributed by atoms with Crippen LogP contribution in [0, 0.1) is 0 Å². The van der Waals surface area contributed by atoms with Crippen LogP contribution < -0.4 is 21.3 Å². The van der Waals surface area contributed by atoms with Crippen LogP contribution in [0.3, 0.4) is 0 Å². The van der Waals surface area contributed by atoms with Crippen molar-refractivity contribution in [2.45, 2.75) is 107 Å². The number of carbonyl (C=O) groups is 2. The van der Waals surface area contributed by atoms with E-state index < -0.39 is 49.0 Å². The molecule has 0 aromatic carbocycles. The summed E-state index contributed by atoms with van der Waals surface area (Å²) in [5.41, 5.74) is -1.11. The molecule has 2 fully saturated rings. The standard InChI is InChI=1S/C20H20ClF5N6O.C18H18ClF3N6O.C2H3F2I/c21-18-13(8-31(30-18)10-15(22)23)19(33)28-12-6-4-11(5-7-12)27-16-2-1-3-17-29-14(9-32(16)17)20(24,25)26;19-16-12(8-23-27-16)17(29)25-11-6-4-10(5-7-11)24-14-2-1-3-15-26-13(9-28(14)15)18(20,21)22;3-2(4)1-5/h1-3,8-9,11-12,15,27H,4-7,10H2,(H,28,33);1-3,8-11,24H,4-7H2,(H,23,27)(H,25,29);2H,1H2. The van der Waals surface area contributed by atoms with Crippen molar-refractivity contribution in [3.05, 3.63) is 94.0 Å². The molecular formula is C40H41Cl2F10IN12O2. The number of hydrogen-bond acceptors (Lipinski definition) is 8. The number of aromatic amines is 1. The SMILES string of the molecule is FC(F)CI.O=C(NC1CCC(Nc2cccc3nc(C(F)(F)F)cn23)CC1)c1cn(CC(F)F)nc1Cl.O=C(NC1CCC(Nc2cccc3nc(C(F)(F)F)cn23)CC1)c1cn[nH]c1Cl. The third-order valence-corrected chi connectivity index (χ3v) is 11.9. The number of rotatable bonds is 11. The molecule has 364 valence electrons. The molecule has 2 aliphatic carbocycles. The largest absolute Gasteiger partial charge is 0.434 e. The Kier molecular flexibility index (Phi) is 17.1. The van der Waals surface area contributed by atoms with E-state index in [0.29, 0.717) is 42.9 Å². The minimum absolute atomic E-state index is 0.00197. The predicted octanol–water partition coefficient (Wildman–Crippen LogP) is 10.2. The van der Waals surface area contributed by atoms with Gasteiger partial charge in [0.25, 0.3) is 18.2 Å². The summed E-state index contributed by atoms with van der Waals surface area (Å²) in [7, 11) is 0. The van der Waals surface area contributed by atoms with Crippen molar-refractivity contribution in [2.75, 3.05) is 15.1 Å². The number of H-pyrrole nitrogens is 1. The Balaban J connectivity index is 0.000000202. The Morgan fingerprint density at radius 2 is 1.12 bits per heavy atom. The lowest BCUT2D eigenvalue weighted by atomic mass is 9.91. The van der Waals surface area contributed by atoms with Gasteiger partial charge in [0.05, 0.1) is 21.8 Å². The van der Waals surface area contributed by atoms with E-state index in [-0.39, 0.29) is 61.7 Å². The number of pyridine rings is 2. The fourth-order valence-electron chi connectivity index (χ4n) is 7.45. The van der Waals surface area contributed by atoms with Gasteiger partial charge in [-0.3, -0.25) is 28.2 Å². The van der Waals surface area contributed by atoms with E-state index in [4.69, 9.17) is 23.2 Å². The van der Waals surface area contributed by atoms with Crippen LogP contribution >= 0.6 is 45.8 Å². The van der Waals surface area contributed by atoms with E-state index in [1.54, 1.807) is 46.9 Å². The van der Waals surface area contributed by atoms with Crippen LogP contribution in [0.25, 0.3) is 11.3 Å². The van der Waals surface area contributed by atoms with Crippen molar-refractivity contribution in [1.82, 2.24) is 49.4 Å². The normalized spacial score (nSPS) is 18.9. The molecule has 5 N–H and O–H groups in total. The van der Waals surface area contributed by atoms with Crippen LogP contribution in [0.1, 0.15) is 83.5 Å². The molecule has 0 spiro atoms. The molecule has 6 heterocycles. The van der Waals surface area contributed by atoms with Gasteiger partial charge in [-0.2, -0.15) is 36.5 Å². The highest BCUT2D eigenvalue weighted by molar-refractivity contribution is 14.1. The van der Waals surface area contributed by atoms with E-state index in [1.165, 1.54) is 33.3 Å². The molecule has 67 heavy (non-hydrogen) atoms. The average Bonchev–Trinajstić information content (AvgIpc) is 4.09. The lowest BCUT2D eigenvalue weighted by Gasteiger charge is -2.30. The summed E-state index contributed by atoms with van der Waals surface area (Å²) in [5, 5.41) is 22.4. The maximum atomic E-state index is 13.0. The smallest absolute Gasteiger partial charge is 0.368 e. The third kappa shape index (κ3) is 14.0. The summed E-state index contributed by atoms with van der Waals surface area (Å²) >= 11 is 13.4. The first kappa shape index (κ1) is 51.3. The first-order chi connectivity index (χ1) is 31.7. The number of fused-ring (bicyclic) bond motifs is 2. The molecule has 0 atom stereocenters. The van der Waals surface area contributed by atoms with Gasteiger partial charge in [-0.1, -0.05) is 57.9 Å². The number of carbonyl (C=O) groups excluding carboxylic acids is 2. The molecule has 2 aliphatic rings. The monoisotopic (exact) mass is 1110 g/mol. The number of halogens is 13. The summed E-state index contributed by atoms with van der Waals surface area (Å²) in [6.45, 7) is -0.655. The molecule has 0 aliphatic heterocycles. The van der Waals surface area contributed by atoms with Crippen LogP contribution in [0.5, 0.6) is 0 Å². The van der Waals surface area contributed by atoms with Crippen molar-refractivity contribution in [3.63, 3.8) is 0 Å². The van der Waals surface area contributed by atoms with E-state index in [1.807, 2.05) is 0 Å². The van der Waals surface area contributed by atoms with Crippen molar-refractivity contribution in [2.24, 2.45) is 0 Å². The number of hydrogen-bond donors (Lipinski definition) is 5. The highest BCUT2D eigenvalue weighted by Crippen LogP contribution is 2.32. The van der Waals surface area contributed by atoms with Crippen molar-refractivity contribution in [1.29, 1.82) is 0 Å². The second-order valence-electron chi connectivity index (χ2n) is 15.4. The minimum atomic E-state index is -4.53. The maximum Gasteiger partial charge on any atom is 0.434 e. The first-order valence-electron chi connectivity index (χ1n) is 20.5. The molecule has 14 nitrogen and oxygen atoms in total. The Morgan fingerprint density at radius 1 is 0.687 bits per heavy atom. The average molecular weight is 1110 g/mol. The van der Waals surface area contributed by atoms with Gasteiger partial charge in [0.1, 0.15) is 34.6 Å². The number of nitrogens with one attached hydrogen (secondary N) is 5. The van der Waals surface area contributed by atoms with E-state index in [9.17, 15) is 53.5 Å². The summed E-state index contributed by atoms with van der Waals surface area (Å²) in [6.07, 6.45) is -3.63. The van der Waals surface area contributed by atoms with Gasteiger partial charge < -0.3 is 21.3 Å². The fourth-order valence-corrected chi connectivity index (χ4v) is 7.87. The van der Waals surface area contributed by atoms with Crippen LogP contribution in [0.15, 0.2) is 61.2 Å². The predicted molar refractivity (Wildman–Crippen MR) is 236 cm³/mol. The van der Waals surface area contributed by atoms with Crippen LogP contribution in [-0.4, -0.2) is 92.0 Å². The number of aromatic nitrogens is 8. The molecule has 0 bridgehead atoms. The Hall–Kier alpha value is -5.05. The number of amides is 2. The van der Waals surface area contributed by atoms with Gasteiger partial charge in [-0.15, -0.1) is 0 Å². The molecule has 27 heteroatoms. The molecule has 8 rings (SSSR count). The van der Waals surface area contributed by atoms with Gasteiger partial charge >= 0.3 is 12.4 Å². The highest BCUT2D eigenvalue weighted by Gasteiger charge is 2.35. The number of anilines is 2. The topological polar surface area (TPSA) is 163 Å². The lowest BCUT2D eigenvalue weighted by molar-refractivity contribution is -0.141. The Morgan fingerprint density at radius 3 is 1.51 bits per heavy atom. The molecule has 0 saturated heterocycles. The first-order valence-corrected chi connectivity index (χ1v) is 22.8. The van der Waals surface area contributed by atoms with Gasteiger partial charge in [0.2, 0.25) is 6.43 Å². The molecule has 6 aromatic rings. The summed E-state index contributed by atoms with van der Waals surface area (Å²) < 4.78 is 128. The summed E-state index contributed by atoms with van der Waals surface area (Å²) in [4.78, 5) is 32.0. The Bertz CT molecular complexity index is 2580. The number of imidazole rings is 2. The molecule has 2 amide bonds. The van der Waals surface area contributed by atoms with Crippen molar-refractivity contribution >= 4 is 80.5 Å². The van der Waals surface area contributed by atoms with Crippen molar-refractivity contribution in [3.8, 4) is 0 Å². The lowest BCUT2D eigenvalue weighted by Crippen LogP contribution is -2.40. The van der Waals surface area contributed by atoms with Gasteiger partial charge in [-0.25, -0.2) is 27.5 Å². The van der Waals surface area contributed by atoms with Crippen LogP contribution in [0.4, 0.5) is 55.5 Å². The molecular weight excluding hydrogens is 1070 g/mol. The minimum Gasteiger partial charge on any atom is -0.368 e. The van der Waals surface area contributed by atoms with E-state index in [2.05, 4.69) is 46.5 Å². The third-order valence-electron chi connectivity index (χ3n) is 10.6. The molecule has 6 aromatic heterocycles. The number of alkyl halides is 11. The zero-order chi connectivity index (χ0) is 48.6. The van der Waals surface area contributed by atoms with Crippen molar-refractivity contribution < 1.29 is 53.5 Å². The quantitative estimate of drug-likeness (QED) is 0.0487.